The molecule has 26 heavy (non-hydrogen) atoms. The van der Waals surface area contributed by atoms with Crippen LogP contribution < -0.4 is 15.4 Å². The summed E-state index contributed by atoms with van der Waals surface area (Å²) in [5.74, 6) is -1.67. The zero-order valence-corrected chi connectivity index (χ0v) is 14.3. The molecule has 1 aliphatic heterocycles. The lowest BCUT2D eigenvalue weighted by Gasteiger charge is -2.28. The van der Waals surface area contributed by atoms with Gasteiger partial charge in [0.15, 0.2) is 18.1 Å². The third-order valence-corrected chi connectivity index (χ3v) is 3.75. The first-order chi connectivity index (χ1) is 12.0. The fourth-order valence-electron chi connectivity index (χ4n) is 2.36. The Kier molecular flexibility index (Phi) is 5.55. The first-order valence-electron chi connectivity index (χ1n) is 7.12. The van der Waals surface area contributed by atoms with E-state index in [1.54, 1.807) is 0 Å². The van der Waals surface area contributed by atoms with Crippen molar-refractivity contribution in [2.75, 3.05) is 13.7 Å². The van der Waals surface area contributed by atoms with Gasteiger partial charge in [-0.15, -0.1) is 0 Å². The number of alkyl halides is 3. The highest BCUT2D eigenvalue weighted by molar-refractivity contribution is 6.32. The molecule has 2 amide bonds. The Morgan fingerprint density at radius 2 is 2.04 bits per heavy atom. The predicted molar refractivity (Wildman–Crippen MR) is 83.8 cm³/mol. The van der Waals surface area contributed by atoms with E-state index in [1.165, 1.54) is 26.2 Å². The summed E-state index contributed by atoms with van der Waals surface area (Å²) in [6, 6.07) is 0.710. The van der Waals surface area contributed by atoms with Crippen LogP contribution in [0.25, 0.3) is 0 Å². The zero-order chi connectivity index (χ0) is 19.6. The largest absolute Gasteiger partial charge is 0.503 e. The summed E-state index contributed by atoms with van der Waals surface area (Å²) in [5, 5.41) is 14.4. The minimum Gasteiger partial charge on any atom is -0.503 e. The number of benzene rings is 1. The standard InChI is InChI=1S/C15H14ClF3N2O5/c1-6-10(13(23)26-5-15(17,18)19)11(21-14(24)20-6)7-3-8(16)12(22)9(4-7)25-2/h3-4,11,22H,5H2,1-2H3,(H2,20,21,24). The molecule has 7 nitrogen and oxygen atoms in total. The molecule has 1 aromatic rings. The van der Waals surface area contributed by atoms with Gasteiger partial charge in [0, 0.05) is 5.70 Å². The third-order valence-electron chi connectivity index (χ3n) is 3.46. The number of carbonyl (C=O) groups is 2. The fourth-order valence-corrected chi connectivity index (χ4v) is 2.57. The number of aromatic hydroxyl groups is 1. The third kappa shape index (κ3) is 4.31. The molecule has 0 saturated carbocycles. The van der Waals surface area contributed by atoms with Gasteiger partial charge in [-0.2, -0.15) is 13.2 Å². The predicted octanol–water partition coefficient (Wildman–Crippen LogP) is 2.79. The molecule has 2 rings (SSSR count). The SMILES string of the molecule is COc1cc(C2NC(=O)NC(C)=C2C(=O)OCC(F)(F)F)cc(Cl)c1O. The first-order valence-corrected chi connectivity index (χ1v) is 7.50. The van der Waals surface area contributed by atoms with E-state index >= 15 is 0 Å². The molecule has 0 aromatic heterocycles. The molecular formula is C15H14ClF3N2O5. The summed E-state index contributed by atoms with van der Waals surface area (Å²) in [6.07, 6.45) is -4.70. The van der Waals surface area contributed by atoms with Gasteiger partial charge in [-0.05, 0) is 24.6 Å². The molecule has 0 saturated heterocycles. The molecule has 3 N–H and O–H groups in total. The molecule has 1 atom stereocenters. The Bertz CT molecular complexity index is 779. The van der Waals surface area contributed by atoms with E-state index in [-0.39, 0.29) is 33.4 Å². The Labute approximate surface area is 150 Å². The van der Waals surface area contributed by atoms with E-state index in [4.69, 9.17) is 16.3 Å². The number of amides is 2. The van der Waals surface area contributed by atoms with E-state index in [2.05, 4.69) is 15.4 Å². The second-order valence-corrected chi connectivity index (χ2v) is 5.72. The summed E-state index contributed by atoms with van der Waals surface area (Å²) < 4.78 is 46.2. The topological polar surface area (TPSA) is 96.9 Å². The van der Waals surface area contributed by atoms with E-state index in [9.17, 15) is 27.9 Å². The van der Waals surface area contributed by atoms with Crippen molar-refractivity contribution in [3.05, 3.63) is 34.0 Å². The summed E-state index contributed by atoms with van der Waals surface area (Å²) in [4.78, 5) is 23.9. The van der Waals surface area contributed by atoms with Crippen LogP contribution in [0.2, 0.25) is 5.02 Å². The monoisotopic (exact) mass is 394 g/mol. The number of urea groups is 1. The van der Waals surface area contributed by atoms with Crippen LogP contribution in [0, 0.1) is 0 Å². The van der Waals surface area contributed by atoms with Crippen molar-refractivity contribution in [1.29, 1.82) is 0 Å². The van der Waals surface area contributed by atoms with E-state index in [0.29, 0.717) is 0 Å². The van der Waals surface area contributed by atoms with E-state index < -0.39 is 30.8 Å². The van der Waals surface area contributed by atoms with Crippen molar-refractivity contribution in [2.24, 2.45) is 0 Å². The number of allylic oxidation sites excluding steroid dienone is 1. The van der Waals surface area contributed by atoms with Crippen molar-refractivity contribution in [3.8, 4) is 11.5 Å². The summed E-state index contributed by atoms with van der Waals surface area (Å²) in [6.45, 7) is -0.432. The number of hydrogen-bond acceptors (Lipinski definition) is 5. The van der Waals surface area contributed by atoms with Crippen molar-refractivity contribution >= 4 is 23.6 Å². The Morgan fingerprint density at radius 1 is 1.38 bits per heavy atom. The number of nitrogens with one attached hydrogen (secondary N) is 2. The average Bonchev–Trinajstić information content (AvgIpc) is 2.53. The highest BCUT2D eigenvalue weighted by atomic mass is 35.5. The molecule has 1 unspecified atom stereocenters. The van der Waals surface area contributed by atoms with Crippen LogP contribution in [0.5, 0.6) is 11.5 Å². The summed E-state index contributed by atoms with van der Waals surface area (Å²) >= 11 is 5.90. The molecule has 0 aliphatic carbocycles. The zero-order valence-electron chi connectivity index (χ0n) is 13.5. The van der Waals surface area contributed by atoms with E-state index in [1.807, 2.05) is 0 Å². The van der Waals surface area contributed by atoms with Crippen molar-refractivity contribution < 1.29 is 37.3 Å². The van der Waals surface area contributed by atoms with Crippen molar-refractivity contribution in [1.82, 2.24) is 10.6 Å². The molecule has 11 heteroatoms. The van der Waals surface area contributed by atoms with Gasteiger partial charge in [0.1, 0.15) is 0 Å². The quantitative estimate of drug-likeness (QED) is 0.682. The number of phenolic OH excluding ortho intramolecular Hbond substituents is 1. The number of halogens is 4. The minimum absolute atomic E-state index is 0.0223. The molecule has 142 valence electrons. The molecule has 0 radical (unpaired) electrons. The molecule has 1 heterocycles. The average molecular weight is 395 g/mol. The van der Waals surface area contributed by atoms with Gasteiger partial charge in [-0.3, -0.25) is 0 Å². The van der Waals surface area contributed by atoms with Crippen LogP contribution in [-0.2, 0) is 9.53 Å². The van der Waals surface area contributed by atoms with Gasteiger partial charge >= 0.3 is 18.2 Å². The normalized spacial score (nSPS) is 17.5. The second kappa shape index (κ2) is 7.32. The number of hydrogen-bond donors (Lipinski definition) is 3. The van der Waals surface area contributed by atoms with Gasteiger partial charge in [-0.1, -0.05) is 11.6 Å². The van der Waals surface area contributed by atoms with Gasteiger partial charge in [0.2, 0.25) is 0 Å². The minimum atomic E-state index is -4.70. The van der Waals surface area contributed by atoms with E-state index in [0.717, 1.165) is 0 Å². The van der Waals surface area contributed by atoms with Crippen LogP contribution in [-0.4, -0.2) is 37.0 Å². The van der Waals surface area contributed by atoms with Crippen LogP contribution in [0.4, 0.5) is 18.0 Å². The van der Waals surface area contributed by atoms with Crippen molar-refractivity contribution in [2.45, 2.75) is 19.1 Å². The second-order valence-electron chi connectivity index (χ2n) is 5.32. The summed E-state index contributed by atoms with van der Waals surface area (Å²) in [7, 11) is 1.26. The molecule has 1 aromatic carbocycles. The highest BCUT2D eigenvalue weighted by Crippen LogP contribution is 2.39. The van der Waals surface area contributed by atoms with Gasteiger partial charge in [0.05, 0.1) is 23.7 Å². The molecule has 0 bridgehead atoms. The summed E-state index contributed by atoms with van der Waals surface area (Å²) in [5.41, 5.74) is -0.00967. The maximum Gasteiger partial charge on any atom is 0.422 e. The van der Waals surface area contributed by atoms with Crippen LogP contribution in [0.3, 0.4) is 0 Å². The maximum absolute atomic E-state index is 12.3. The Hall–Kier alpha value is -2.62. The molecule has 0 spiro atoms. The number of esters is 1. The number of rotatable bonds is 4. The highest BCUT2D eigenvalue weighted by Gasteiger charge is 2.36. The Balaban J connectivity index is 2.44. The van der Waals surface area contributed by atoms with Gasteiger partial charge in [-0.25, -0.2) is 9.59 Å². The van der Waals surface area contributed by atoms with Crippen LogP contribution >= 0.6 is 11.6 Å². The van der Waals surface area contributed by atoms with Gasteiger partial charge in [0.25, 0.3) is 0 Å². The van der Waals surface area contributed by atoms with Gasteiger partial charge < -0.3 is 25.2 Å². The smallest absolute Gasteiger partial charge is 0.422 e. The fraction of sp³-hybridized carbons (Fsp3) is 0.333. The Morgan fingerprint density at radius 3 is 2.62 bits per heavy atom. The lowest BCUT2D eigenvalue weighted by molar-refractivity contribution is -0.183. The number of phenols is 1. The number of ether oxygens (including phenoxy) is 2. The lowest BCUT2D eigenvalue weighted by Crippen LogP contribution is -2.45. The first kappa shape index (κ1) is 19.7. The van der Waals surface area contributed by atoms with Crippen molar-refractivity contribution in [3.63, 3.8) is 0 Å². The molecule has 0 fully saturated rings. The molecule has 1 aliphatic rings. The lowest BCUT2D eigenvalue weighted by atomic mass is 9.95. The number of methoxy groups -OCH3 is 1. The van der Waals surface area contributed by atoms with Crippen LogP contribution in [0.1, 0.15) is 18.5 Å². The van der Waals surface area contributed by atoms with Crippen LogP contribution in [0.15, 0.2) is 23.4 Å². The molecular weight excluding hydrogens is 381 g/mol. The number of carbonyl (C=O) groups excluding carboxylic acids is 2. The maximum atomic E-state index is 12.3.